The largest absolute Gasteiger partial charge is 0.493 e. The number of para-hydroxylation sites is 1. The summed E-state index contributed by atoms with van der Waals surface area (Å²) in [7, 11) is 3.29. The number of non-ortho nitro benzene ring substituents is 1. The number of methoxy groups -OCH3 is 2. The molecular formula is C24H22N2O4. The molecule has 2 aliphatic rings. The fourth-order valence-electron chi connectivity index (χ4n) is 5.13. The molecule has 3 aromatic carbocycles. The van der Waals surface area contributed by atoms with Crippen LogP contribution in [-0.4, -0.2) is 19.1 Å². The lowest BCUT2D eigenvalue weighted by Crippen LogP contribution is -2.30. The van der Waals surface area contributed by atoms with E-state index in [0.717, 1.165) is 29.0 Å². The van der Waals surface area contributed by atoms with Crippen LogP contribution in [0.1, 0.15) is 34.2 Å². The average molecular weight is 402 g/mol. The van der Waals surface area contributed by atoms with Gasteiger partial charge in [0.15, 0.2) is 11.5 Å². The number of nitro groups is 1. The second kappa shape index (κ2) is 7.06. The molecule has 1 N–H and O–H groups in total. The monoisotopic (exact) mass is 402 g/mol. The summed E-state index contributed by atoms with van der Waals surface area (Å²) in [4.78, 5) is 11.1. The third-order valence-corrected chi connectivity index (χ3v) is 6.36. The number of nitrogens with zero attached hydrogens (tertiary/aromatic N) is 1. The van der Waals surface area contributed by atoms with Crippen molar-refractivity contribution in [1.29, 1.82) is 0 Å². The van der Waals surface area contributed by atoms with Gasteiger partial charge in [0.2, 0.25) is 0 Å². The van der Waals surface area contributed by atoms with Crippen molar-refractivity contribution in [2.24, 2.45) is 5.92 Å². The molecular weight excluding hydrogens is 380 g/mol. The van der Waals surface area contributed by atoms with Crippen molar-refractivity contribution >= 4 is 11.4 Å². The number of benzene rings is 3. The van der Waals surface area contributed by atoms with Gasteiger partial charge >= 0.3 is 0 Å². The van der Waals surface area contributed by atoms with Gasteiger partial charge in [-0.3, -0.25) is 10.1 Å². The molecule has 1 aliphatic carbocycles. The molecule has 0 unspecified atom stereocenters. The summed E-state index contributed by atoms with van der Waals surface area (Å²) in [5.74, 6) is 1.70. The Balaban J connectivity index is 1.70. The zero-order chi connectivity index (χ0) is 20.8. The summed E-state index contributed by atoms with van der Waals surface area (Å²) < 4.78 is 11.3. The third-order valence-electron chi connectivity index (χ3n) is 6.36. The van der Waals surface area contributed by atoms with E-state index in [1.54, 1.807) is 26.4 Å². The summed E-state index contributed by atoms with van der Waals surface area (Å²) in [6.45, 7) is 0. The van der Waals surface area contributed by atoms with E-state index in [9.17, 15) is 10.1 Å². The fourth-order valence-corrected chi connectivity index (χ4v) is 5.13. The van der Waals surface area contributed by atoms with E-state index in [1.807, 2.05) is 24.3 Å². The molecule has 6 heteroatoms. The molecule has 0 aromatic heterocycles. The van der Waals surface area contributed by atoms with E-state index >= 15 is 0 Å². The Morgan fingerprint density at radius 2 is 1.77 bits per heavy atom. The third kappa shape index (κ3) is 2.71. The molecule has 5 rings (SSSR count). The van der Waals surface area contributed by atoms with Crippen LogP contribution >= 0.6 is 0 Å². The maximum atomic E-state index is 11.4. The van der Waals surface area contributed by atoms with Gasteiger partial charge in [-0.25, -0.2) is 0 Å². The number of hydrogen-bond donors (Lipinski definition) is 1. The maximum Gasteiger partial charge on any atom is 0.269 e. The minimum absolute atomic E-state index is 0.0126. The molecule has 0 radical (unpaired) electrons. The summed E-state index contributed by atoms with van der Waals surface area (Å²) >= 11 is 0. The van der Waals surface area contributed by atoms with Crippen LogP contribution in [0.2, 0.25) is 0 Å². The average Bonchev–Trinajstić information content (AvgIpc) is 3.17. The van der Waals surface area contributed by atoms with Crippen LogP contribution in [0.5, 0.6) is 11.5 Å². The predicted octanol–water partition coefficient (Wildman–Crippen LogP) is 5.08. The number of nitrogens with one attached hydrogen (secondary N) is 1. The number of fused-ring (bicyclic) bond motifs is 5. The highest BCUT2D eigenvalue weighted by atomic mass is 16.6. The second-order valence-electron chi connectivity index (χ2n) is 7.78. The second-order valence-corrected chi connectivity index (χ2v) is 7.78. The van der Waals surface area contributed by atoms with Crippen molar-refractivity contribution in [3.05, 3.63) is 93.0 Å². The fraction of sp³-hybridized carbons (Fsp3) is 0.250. The van der Waals surface area contributed by atoms with E-state index in [2.05, 4.69) is 29.6 Å². The Kier molecular flexibility index (Phi) is 4.35. The highest BCUT2D eigenvalue weighted by Gasteiger charge is 2.44. The van der Waals surface area contributed by atoms with Gasteiger partial charge in [-0.1, -0.05) is 36.4 Å². The number of anilines is 1. The Labute approximate surface area is 174 Å². The molecule has 3 atom stereocenters. The molecule has 0 saturated carbocycles. The first kappa shape index (κ1) is 18.5. The molecule has 30 heavy (non-hydrogen) atoms. The first-order valence-corrected chi connectivity index (χ1v) is 9.96. The first-order valence-electron chi connectivity index (χ1n) is 9.96. The van der Waals surface area contributed by atoms with Crippen molar-refractivity contribution in [3.63, 3.8) is 0 Å². The van der Waals surface area contributed by atoms with Crippen molar-refractivity contribution in [2.75, 3.05) is 19.5 Å². The Bertz CT molecular complexity index is 1140. The molecule has 6 nitrogen and oxygen atoms in total. The topological polar surface area (TPSA) is 73.6 Å². The number of hydrogen-bond acceptors (Lipinski definition) is 5. The van der Waals surface area contributed by atoms with E-state index < -0.39 is 0 Å². The van der Waals surface area contributed by atoms with E-state index in [1.165, 1.54) is 11.1 Å². The zero-order valence-electron chi connectivity index (χ0n) is 16.8. The standard InChI is InChI=1S/C24H22N2O4/c1-29-21-9-5-8-17(24(21)30-2)23-19-12-14-6-3-4-7-16(14)22(19)18-13-15(26(27)28)10-11-20(18)25-23/h3-11,13,19,22-23,25H,12H2,1-2H3/t19-,22+,23+/m1/s1. The molecule has 0 amide bonds. The van der Waals surface area contributed by atoms with Gasteiger partial charge in [-0.2, -0.15) is 0 Å². The molecule has 1 heterocycles. The summed E-state index contributed by atoms with van der Waals surface area (Å²) in [5, 5.41) is 15.1. The highest BCUT2D eigenvalue weighted by Crippen LogP contribution is 2.55. The normalized spacial score (nSPS) is 21.1. The Hall–Kier alpha value is -3.54. The lowest BCUT2D eigenvalue weighted by atomic mass is 9.75. The zero-order valence-corrected chi connectivity index (χ0v) is 16.8. The smallest absolute Gasteiger partial charge is 0.269 e. The van der Waals surface area contributed by atoms with Gasteiger partial charge in [-0.15, -0.1) is 0 Å². The van der Waals surface area contributed by atoms with Gasteiger partial charge in [0.25, 0.3) is 5.69 Å². The van der Waals surface area contributed by atoms with E-state index in [4.69, 9.17) is 9.47 Å². The molecule has 0 spiro atoms. The highest BCUT2D eigenvalue weighted by molar-refractivity contribution is 5.66. The molecule has 0 fully saturated rings. The first-order chi connectivity index (χ1) is 14.6. The van der Waals surface area contributed by atoms with Gasteiger partial charge < -0.3 is 14.8 Å². The van der Waals surface area contributed by atoms with Crippen LogP contribution in [0.4, 0.5) is 11.4 Å². The quantitative estimate of drug-likeness (QED) is 0.486. The van der Waals surface area contributed by atoms with Gasteiger partial charge in [0, 0.05) is 29.3 Å². The van der Waals surface area contributed by atoms with Crippen LogP contribution in [0.3, 0.4) is 0 Å². The summed E-state index contributed by atoms with van der Waals surface area (Å²) in [6.07, 6.45) is 0.890. The molecule has 0 saturated heterocycles. The van der Waals surface area contributed by atoms with E-state index in [0.29, 0.717) is 5.75 Å². The van der Waals surface area contributed by atoms with Crippen molar-refractivity contribution in [1.82, 2.24) is 0 Å². The summed E-state index contributed by atoms with van der Waals surface area (Å²) in [5.41, 5.74) is 5.60. The maximum absolute atomic E-state index is 11.4. The number of ether oxygens (including phenoxy) is 2. The van der Waals surface area contributed by atoms with Crippen LogP contribution in [0.15, 0.2) is 60.7 Å². The minimum Gasteiger partial charge on any atom is -0.493 e. The van der Waals surface area contributed by atoms with Gasteiger partial charge in [-0.05, 0) is 41.2 Å². The Morgan fingerprint density at radius 3 is 2.53 bits per heavy atom. The van der Waals surface area contributed by atoms with Crippen LogP contribution in [-0.2, 0) is 6.42 Å². The lowest BCUT2D eigenvalue weighted by Gasteiger charge is -2.38. The van der Waals surface area contributed by atoms with Crippen LogP contribution < -0.4 is 14.8 Å². The van der Waals surface area contributed by atoms with Crippen LogP contribution in [0, 0.1) is 16.0 Å². The van der Waals surface area contributed by atoms with Crippen molar-refractivity contribution < 1.29 is 14.4 Å². The van der Waals surface area contributed by atoms with E-state index in [-0.39, 0.29) is 28.5 Å². The van der Waals surface area contributed by atoms with Gasteiger partial charge in [0.1, 0.15) is 0 Å². The van der Waals surface area contributed by atoms with Crippen molar-refractivity contribution in [2.45, 2.75) is 18.4 Å². The minimum atomic E-state index is -0.326. The lowest BCUT2D eigenvalue weighted by molar-refractivity contribution is -0.384. The number of rotatable bonds is 4. The molecule has 3 aromatic rings. The Morgan fingerprint density at radius 1 is 0.967 bits per heavy atom. The SMILES string of the molecule is COc1cccc([C@@H]2Nc3ccc([N+](=O)[O-])cc3[C@@H]3c4ccccc4C[C@H]32)c1OC. The predicted molar refractivity (Wildman–Crippen MR) is 114 cm³/mol. The van der Waals surface area contributed by atoms with Crippen LogP contribution in [0.25, 0.3) is 0 Å². The molecule has 0 bridgehead atoms. The van der Waals surface area contributed by atoms with Crippen molar-refractivity contribution in [3.8, 4) is 11.5 Å². The number of nitro benzene ring substituents is 1. The molecule has 1 aliphatic heterocycles. The molecule has 152 valence electrons. The summed E-state index contributed by atoms with van der Waals surface area (Å²) in [6, 6.07) is 19.4. The van der Waals surface area contributed by atoms with Gasteiger partial charge in [0.05, 0.1) is 25.2 Å².